The minimum Gasteiger partial charge on any atom is -0.341 e. The van der Waals surface area contributed by atoms with Gasteiger partial charge in [-0.25, -0.2) is 0 Å². The Morgan fingerprint density at radius 1 is 1.29 bits per heavy atom. The molecule has 2 fully saturated rings. The molecule has 1 N–H and O–H groups in total. The van der Waals surface area contributed by atoms with Crippen molar-refractivity contribution >= 4 is 5.91 Å². The highest BCUT2D eigenvalue weighted by atomic mass is 16.2. The molecule has 0 aromatic heterocycles. The molecule has 80 valence electrons. The lowest BCUT2D eigenvalue weighted by Gasteiger charge is -2.29. The molecule has 0 radical (unpaired) electrons. The lowest BCUT2D eigenvalue weighted by atomic mass is 9.96. The second-order valence-electron chi connectivity index (χ2n) is 4.68. The Balaban J connectivity index is 1.85. The number of nitrogens with one attached hydrogen (secondary N) is 1. The highest BCUT2D eigenvalue weighted by Gasteiger charge is 2.28. The number of rotatable bonds is 1. The largest absolute Gasteiger partial charge is 0.341 e. The van der Waals surface area contributed by atoms with E-state index in [-0.39, 0.29) is 6.04 Å². The molecular weight excluding hydrogens is 176 g/mol. The van der Waals surface area contributed by atoms with E-state index in [0.29, 0.717) is 5.91 Å². The van der Waals surface area contributed by atoms with Crippen LogP contribution >= 0.6 is 0 Å². The summed E-state index contributed by atoms with van der Waals surface area (Å²) in [5.41, 5.74) is 0. The van der Waals surface area contributed by atoms with Gasteiger partial charge in [0.2, 0.25) is 5.91 Å². The molecule has 2 unspecified atom stereocenters. The molecule has 0 aromatic rings. The zero-order chi connectivity index (χ0) is 9.97. The average molecular weight is 196 g/mol. The monoisotopic (exact) mass is 196 g/mol. The fraction of sp³-hybridized carbons (Fsp3) is 0.909. The Morgan fingerprint density at radius 2 is 2.00 bits per heavy atom. The van der Waals surface area contributed by atoms with Crippen molar-refractivity contribution in [1.29, 1.82) is 0 Å². The summed E-state index contributed by atoms with van der Waals surface area (Å²) >= 11 is 0. The van der Waals surface area contributed by atoms with Crippen molar-refractivity contribution < 1.29 is 4.79 Å². The van der Waals surface area contributed by atoms with Crippen LogP contribution in [-0.2, 0) is 4.79 Å². The van der Waals surface area contributed by atoms with Crippen molar-refractivity contribution in [3.63, 3.8) is 0 Å². The molecule has 2 saturated heterocycles. The molecule has 2 aliphatic rings. The maximum Gasteiger partial charge on any atom is 0.239 e. The molecule has 2 heterocycles. The molecule has 2 atom stereocenters. The number of carbonyl (C=O) groups excluding carboxylic acids is 1. The van der Waals surface area contributed by atoms with Crippen LogP contribution in [-0.4, -0.2) is 36.5 Å². The molecule has 14 heavy (non-hydrogen) atoms. The molecule has 2 aliphatic heterocycles. The van der Waals surface area contributed by atoms with E-state index in [4.69, 9.17) is 0 Å². The van der Waals surface area contributed by atoms with Crippen molar-refractivity contribution in [2.24, 2.45) is 5.92 Å². The van der Waals surface area contributed by atoms with E-state index < -0.39 is 0 Å². The molecule has 3 heteroatoms. The fourth-order valence-electron chi connectivity index (χ4n) is 2.37. The predicted octanol–water partition coefficient (Wildman–Crippen LogP) is 0.997. The van der Waals surface area contributed by atoms with Crippen LogP contribution in [0.3, 0.4) is 0 Å². The summed E-state index contributed by atoms with van der Waals surface area (Å²) in [5.74, 6) is 1.08. The van der Waals surface area contributed by atoms with Gasteiger partial charge in [0.25, 0.3) is 0 Å². The predicted molar refractivity (Wildman–Crippen MR) is 56.0 cm³/mol. The van der Waals surface area contributed by atoms with Gasteiger partial charge >= 0.3 is 0 Å². The zero-order valence-electron chi connectivity index (χ0n) is 8.96. The van der Waals surface area contributed by atoms with Crippen LogP contribution in [0.2, 0.25) is 0 Å². The first-order valence-corrected chi connectivity index (χ1v) is 5.79. The number of hydrogen-bond donors (Lipinski definition) is 1. The fourth-order valence-corrected chi connectivity index (χ4v) is 2.37. The van der Waals surface area contributed by atoms with E-state index in [0.717, 1.165) is 32.0 Å². The van der Waals surface area contributed by atoms with Crippen molar-refractivity contribution in [3.05, 3.63) is 0 Å². The van der Waals surface area contributed by atoms with E-state index in [1.807, 2.05) is 4.90 Å². The van der Waals surface area contributed by atoms with E-state index in [9.17, 15) is 4.79 Å². The van der Waals surface area contributed by atoms with E-state index in [1.165, 1.54) is 19.3 Å². The quantitative estimate of drug-likeness (QED) is 0.678. The maximum absolute atomic E-state index is 12.0. The van der Waals surface area contributed by atoms with Crippen molar-refractivity contribution in [3.8, 4) is 0 Å². The minimum atomic E-state index is 0.115. The Labute approximate surface area is 85.8 Å². The Kier molecular flexibility index (Phi) is 3.06. The molecular formula is C11H20N2O. The molecule has 0 spiro atoms. The summed E-state index contributed by atoms with van der Waals surface area (Å²) in [6.07, 6.45) is 4.59. The second-order valence-corrected chi connectivity index (χ2v) is 4.68. The Hall–Kier alpha value is -0.570. The summed E-state index contributed by atoms with van der Waals surface area (Å²) in [4.78, 5) is 14.0. The molecule has 3 nitrogen and oxygen atoms in total. The van der Waals surface area contributed by atoms with Gasteiger partial charge < -0.3 is 10.2 Å². The summed E-state index contributed by atoms with van der Waals surface area (Å²) < 4.78 is 0. The van der Waals surface area contributed by atoms with Gasteiger partial charge in [0.15, 0.2) is 0 Å². The average Bonchev–Trinajstić information content (AvgIpc) is 2.71. The van der Waals surface area contributed by atoms with Gasteiger partial charge in [0.05, 0.1) is 6.04 Å². The SMILES string of the molecule is CC1CCC(C(=O)N2CCCC2)NC1. The van der Waals surface area contributed by atoms with E-state index in [1.54, 1.807) is 0 Å². The third-order valence-electron chi connectivity index (χ3n) is 3.38. The minimum absolute atomic E-state index is 0.115. The van der Waals surface area contributed by atoms with Gasteiger partial charge in [-0.15, -0.1) is 0 Å². The van der Waals surface area contributed by atoms with Crippen LogP contribution in [0, 0.1) is 5.92 Å². The normalized spacial score (nSPS) is 33.4. The molecule has 0 saturated carbocycles. The first-order chi connectivity index (χ1) is 6.77. The van der Waals surface area contributed by atoms with E-state index >= 15 is 0 Å². The second kappa shape index (κ2) is 4.30. The number of hydrogen-bond acceptors (Lipinski definition) is 2. The Morgan fingerprint density at radius 3 is 2.57 bits per heavy atom. The van der Waals surface area contributed by atoms with Crippen molar-refractivity contribution in [1.82, 2.24) is 10.2 Å². The van der Waals surface area contributed by atoms with Gasteiger partial charge in [-0.1, -0.05) is 6.92 Å². The van der Waals surface area contributed by atoms with E-state index in [2.05, 4.69) is 12.2 Å². The molecule has 0 bridgehead atoms. The summed E-state index contributed by atoms with van der Waals surface area (Å²) in [6.45, 7) is 5.20. The van der Waals surface area contributed by atoms with Crippen LogP contribution in [0.5, 0.6) is 0 Å². The molecule has 1 amide bonds. The maximum atomic E-state index is 12.0. The number of likely N-dealkylation sites (tertiary alicyclic amines) is 1. The highest BCUT2D eigenvalue weighted by molar-refractivity contribution is 5.82. The standard InChI is InChI=1S/C11H20N2O/c1-9-4-5-10(12-8-9)11(14)13-6-2-3-7-13/h9-10,12H,2-8H2,1H3. The number of piperidine rings is 1. The topological polar surface area (TPSA) is 32.3 Å². The first kappa shape index (κ1) is 9.97. The number of nitrogens with zero attached hydrogens (tertiary/aromatic N) is 1. The summed E-state index contributed by atoms with van der Waals surface area (Å²) in [6, 6.07) is 0.115. The smallest absolute Gasteiger partial charge is 0.239 e. The number of carbonyl (C=O) groups is 1. The van der Waals surface area contributed by atoms with Crippen LogP contribution < -0.4 is 5.32 Å². The zero-order valence-corrected chi connectivity index (χ0v) is 8.96. The summed E-state index contributed by atoms with van der Waals surface area (Å²) in [7, 11) is 0. The summed E-state index contributed by atoms with van der Waals surface area (Å²) in [5, 5.41) is 3.35. The van der Waals surface area contributed by atoms with Crippen molar-refractivity contribution in [2.75, 3.05) is 19.6 Å². The van der Waals surface area contributed by atoms with Crippen LogP contribution in [0.15, 0.2) is 0 Å². The number of amides is 1. The van der Waals surface area contributed by atoms with Gasteiger partial charge in [0.1, 0.15) is 0 Å². The van der Waals surface area contributed by atoms with Gasteiger partial charge in [-0.3, -0.25) is 4.79 Å². The molecule has 0 aromatic carbocycles. The van der Waals surface area contributed by atoms with Gasteiger partial charge in [-0.05, 0) is 38.1 Å². The highest BCUT2D eigenvalue weighted by Crippen LogP contribution is 2.17. The van der Waals surface area contributed by atoms with Crippen molar-refractivity contribution in [2.45, 2.75) is 38.6 Å². The first-order valence-electron chi connectivity index (χ1n) is 5.79. The lowest BCUT2D eigenvalue weighted by Crippen LogP contribution is -2.49. The lowest BCUT2D eigenvalue weighted by molar-refractivity contribution is -0.133. The van der Waals surface area contributed by atoms with Gasteiger partial charge in [-0.2, -0.15) is 0 Å². The van der Waals surface area contributed by atoms with Crippen LogP contribution in [0.25, 0.3) is 0 Å². The third kappa shape index (κ3) is 2.08. The van der Waals surface area contributed by atoms with Crippen LogP contribution in [0.1, 0.15) is 32.6 Å². The van der Waals surface area contributed by atoms with Gasteiger partial charge in [0, 0.05) is 13.1 Å². The third-order valence-corrected chi connectivity index (χ3v) is 3.38. The molecule has 0 aliphatic carbocycles. The molecule has 2 rings (SSSR count). The van der Waals surface area contributed by atoms with Crippen LogP contribution in [0.4, 0.5) is 0 Å². The Bertz CT molecular complexity index is 203.